The van der Waals surface area contributed by atoms with Crippen LogP contribution in [0.5, 0.6) is 0 Å². The molecule has 2 aromatic rings. The predicted molar refractivity (Wildman–Crippen MR) is 105 cm³/mol. The summed E-state index contributed by atoms with van der Waals surface area (Å²) in [6, 6.07) is 9.52. The van der Waals surface area contributed by atoms with Crippen molar-refractivity contribution >= 4 is 16.1 Å². The fourth-order valence-corrected chi connectivity index (χ4v) is 4.64. The van der Waals surface area contributed by atoms with Gasteiger partial charge in [-0.25, -0.2) is 13.4 Å². The van der Waals surface area contributed by atoms with Crippen LogP contribution in [0.2, 0.25) is 0 Å². The zero-order chi connectivity index (χ0) is 18.6. The van der Waals surface area contributed by atoms with E-state index in [0.717, 1.165) is 30.8 Å². The Morgan fingerprint density at radius 3 is 2.54 bits per heavy atom. The van der Waals surface area contributed by atoms with Crippen LogP contribution < -0.4 is 0 Å². The predicted octanol–water partition coefficient (Wildman–Crippen LogP) is 3.72. The number of benzene rings is 1. The maximum absolute atomic E-state index is 12.5. The van der Waals surface area contributed by atoms with Crippen LogP contribution in [0, 0.1) is 5.92 Å². The van der Waals surface area contributed by atoms with Crippen molar-refractivity contribution in [2.24, 2.45) is 5.92 Å². The molecule has 0 radical (unpaired) electrons. The van der Waals surface area contributed by atoms with E-state index in [1.807, 2.05) is 42.7 Å². The molecule has 0 saturated carbocycles. The molecular weight excluding hydrogens is 346 g/mol. The minimum absolute atomic E-state index is 0.397. The van der Waals surface area contributed by atoms with E-state index >= 15 is 0 Å². The van der Waals surface area contributed by atoms with E-state index in [2.05, 4.69) is 23.4 Å². The Morgan fingerprint density at radius 1 is 1.19 bits per heavy atom. The summed E-state index contributed by atoms with van der Waals surface area (Å²) in [4.78, 5) is 4.44. The first-order valence-corrected chi connectivity index (χ1v) is 10.7. The molecule has 26 heavy (non-hydrogen) atoms. The van der Waals surface area contributed by atoms with E-state index in [1.165, 1.54) is 5.41 Å². The Balaban J connectivity index is 1.57. The highest BCUT2D eigenvalue weighted by molar-refractivity contribution is 7.92. The molecule has 0 amide bonds. The van der Waals surface area contributed by atoms with Gasteiger partial charge in [-0.1, -0.05) is 44.2 Å². The van der Waals surface area contributed by atoms with Crippen molar-refractivity contribution in [3.63, 3.8) is 0 Å². The van der Waals surface area contributed by atoms with Crippen LogP contribution in [0.25, 0.3) is 6.08 Å². The van der Waals surface area contributed by atoms with Gasteiger partial charge in [0.2, 0.25) is 10.0 Å². The lowest BCUT2D eigenvalue weighted by atomic mass is 9.98. The Morgan fingerprint density at radius 2 is 1.88 bits per heavy atom. The molecule has 3 rings (SSSR count). The summed E-state index contributed by atoms with van der Waals surface area (Å²) >= 11 is 0. The molecule has 5 nitrogen and oxygen atoms in total. The van der Waals surface area contributed by atoms with Crippen molar-refractivity contribution in [3.8, 4) is 0 Å². The smallest absolute Gasteiger partial charge is 0.236 e. The minimum atomic E-state index is -3.35. The maximum Gasteiger partial charge on any atom is 0.236 e. The standard InChI is InChI=1S/C20H27N3O2S/c1-17(2)20-21-11-14-22(20)16-19-8-12-23(13-9-19)26(24,25)15-10-18-6-4-3-5-7-18/h3-7,10-11,14-15,17,19H,8-9,12-13,16H2,1-2H3/b15-10+. The second kappa shape index (κ2) is 8.18. The van der Waals surface area contributed by atoms with Crippen molar-refractivity contribution in [3.05, 3.63) is 59.5 Å². The number of aromatic nitrogens is 2. The average molecular weight is 374 g/mol. The summed E-state index contributed by atoms with van der Waals surface area (Å²) in [5.74, 6) is 1.99. The molecule has 1 aliphatic rings. The fraction of sp³-hybridized carbons (Fsp3) is 0.450. The molecule has 2 heterocycles. The number of rotatable bonds is 6. The highest BCUT2D eigenvalue weighted by atomic mass is 32.2. The van der Waals surface area contributed by atoms with Gasteiger partial charge in [0.25, 0.3) is 0 Å². The van der Waals surface area contributed by atoms with E-state index in [1.54, 1.807) is 10.4 Å². The van der Waals surface area contributed by atoms with Gasteiger partial charge in [-0.05, 0) is 30.4 Å². The van der Waals surface area contributed by atoms with Crippen LogP contribution in [0.4, 0.5) is 0 Å². The summed E-state index contributed by atoms with van der Waals surface area (Å²) < 4.78 is 28.9. The zero-order valence-electron chi connectivity index (χ0n) is 15.5. The highest BCUT2D eigenvalue weighted by Crippen LogP contribution is 2.24. The molecule has 6 heteroatoms. The van der Waals surface area contributed by atoms with E-state index in [4.69, 9.17) is 0 Å². The maximum atomic E-state index is 12.5. The molecule has 0 spiro atoms. The first-order chi connectivity index (χ1) is 12.5. The monoisotopic (exact) mass is 373 g/mol. The number of hydrogen-bond donors (Lipinski definition) is 0. The summed E-state index contributed by atoms with van der Waals surface area (Å²) in [7, 11) is -3.35. The number of piperidine rings is 1. The molecule has 0 aliphatic carbocycles. The van der Waals surface area contributed by atoms with Crippen molar-refractivity contribution in [1.82, 2.24) is 13.9 Å². The van der Waals surface area contributed by atoms with Gasteiger partial charge in [-0.15, -0.1) is 0 Å². The van der Waals surface area contributed by atoms with Gasteiger partial charge in [-0.3, -0.25) is 0 Å². The second-order valence-corrected chi connectivity index (χ2v) is 9.01. The van der Waals surface area contributed by atoms with E-state index in [-0.39, 0.29) is 0 Å². The van der Waals surface area contributed by atoms with Crippen molar-refractivity contribution < 1.29 is 8.42 Å². The van der Waals surface area contributed by atoms with Crippen LogP contribution in [-0.2, 0) is 16.6 Å². The quantitative estimate of drug-likeness (QED) is 0.775. The Kier molecular flexibility index (Phi) is 5.94. The zero-order valence-corrected chi connectivity index (χ0v) is 16.3. The Hall–Kier alpha value is -1.92. The number of hydrogen-bond acceptors (Lipinski definition) is 3. The summed E-state index contributed by atoms with van der Waals surface area (Å²) in [5, 5.41) is 1.33. The number of sulfonamides is 1. The lowest BCUT2D eigenvalue weighted by Gasteiger charge is -2.31. The van der Waals surface area contributed by atoms with Crippen molar-refractivity contribution in [1.29, 1.82) is 0 Å². The van der Waals surface area contributed by atoms with Gasteiger partial charge < -0.3 is 4.57 Å². The molecule has 1 aliphatic heterocycles. The first kappa shape index (κ1) is 18.9. The van der Waals surface area contributed by atoms with Crippen LogP contribution >= 0.6 is 0 Å². The molecule has 1 saturated heterocycles. The van der Waals surface area contributed by atoms with Gasteiger partial charge in [0.1, 0.15) is 5.82 Å². The minimum Gasteiger partial charge on any atom is -0.334 e. The second-order valence-electron chi connectivity index (χ2n) is 7.19. The molecule has 1 aromatic heterocycles. The van der Waals surface area contributed by atoms with Gasteiger partial charge in [0, 0.05) is 43.4 Å². The van der Waals surface area contributed by atoms with Gasteiger partial charge in [0.05, 0.1) is 0 Å². The van der Waals surface area contributed by atoms with Crippen LogP contribution in [-0.4, -0.2) is 35.4 Å². The Labute approximate surface area is 156 Å². The normalized spacial score (nSPS) is 17.3. The van der Waals surface area contributed by atoms with Gasteiger partial charge in [-0.2, -0.15) is 4.31 Å². The molecule has 0 bridgehead atoms. The summed E-state index contributed by atoms with van der Waals surface area (Å²) in [5.41, 5.74) is 0.896. The summed E-state index contributed by atoms with van der Waals surface area (Å²) in [6.45, 7) is 6.37. The van der Waals surface area contributed by atoms with Gasteiger partial charge >= 0.3 is 0 Å². The molecule has 1 aromatic carbocycles. The number of nitrogens with zero attached hydrogens (tertiary/aromatic N) is 3. The van der Waals surface area contributed by atoms with Crippen LogP contribution in [0.3, 0.4) is 0 Å². The Bertz CT molecular complexity index is 833. The third-order valence-electron chi connectivity index (χ3n) is 4.88. The molecule has 0 N–H and O–H groups in total. The average Bonchev–Trinajstić information content (AvgIpc) is 3.10. The molecule has 0 unspecified atom stereocenters. The van der Waals surface area contributed by atoms with Crippen molar-refractivity contribution in [2.45, 2.75) is 39.2 Å². The van der Waals surface area contributed by atoms with Crippen LogP contribution in [0.1, 0.15) is 44.0 Å². The van der Waals surface area contributed by atoms with Crippen LogP contribution in [0.15, 0.2) is 48.1 Å². The topological polar surface area (TPSA) is 55.2 Å². The third-order valence-corrected chi connectivity index (χ3v) is 6.45. The number of imidazole rings is 1. The molecule has 1 fully saturated rings. The summed E-state index contributed by atoms with van der Waals surface area (Å²) in [6.07, 6.45) is 7.31. The lowest BCUT2D eigenvalue weighted by molar-refractivity contribution is 0.252. The lowest BCUT2D eigenvalue weighted by Crippen LogP contribution is -2.38. The SMILES string of the molecule is CC(C)c1nccn1CC1CCN(S(=O)(=O)/C=C/c2ccccc2)CC1. The molecular formula is C20H27N3O2S. The van der Waals surface area contributed by atoms with E-state index < -0.39 is 10.0 Å². The molecule has 140 valence electrons. The fourth-order valence-electron chi connectivity index (χ4n) is 3.42. The third kappa shape index (κ3) is 4.62. The molecule has 0 atom stereocenters. The largest absolute Gasteiger partial charge is 0.334 e. The van der Waals surface area contributed by atoms with E-state index in [0.29, 0.717) is 24.9 Å². The highest BCUT2D eigenvalue weighted by Gasteiger charge is 2.27. The van der Waals surface area contributed by atoms with Crippen molar-refractivity contribution in [2.75, 3.05) is 13.1 Å². The van der Waals surface area contributed by atoms with Gasteiger partial charge in [0.15, 0.2) is 0 Å². The first-order valence-electron chi connectivity index (χ1n) is 9.20. The van der Waals surface area contributed by atoms with E-state index in [9.17, 15) is 8.42 Å².